The van der Waals surface area contributed by atoms with Crippen LogP contribution in [0.4, 0.5) is 0 Å². The van der Waals surface area contributed by atoms with Gasteiger partial charge in [-0.05, 0) is 36.3 Å². The van der Waals surface area contributed by atoms with Crippen molar-refractivity contribution in [1.82, 2.24) is 9.36 Å². The van der Waals surface area contributed by atoms with Crippen LogP contribution in [0.3, 0.4) is 0 Å². The summed E-state index contributed by atoms with van der Waals surface area (Å²) in [6.45, 7) is 1.72. The van der Waals surface area contributed by atoms with Crippen LogP contribution in [0.15, 0.2) is 32.8 Å². The van der Waals surface area contributed by atoms with Crippen LogP contribution < -0.4 is 0 Å². The summed E-state index contributed by atoms with van der Waals surface area (Å²) in [7, 11) is 0. The van der Waals surface area contributed by atoms with Gasteiger partial charge in [-0.2, -0.15) is 4.37 Å². The van der Waals surface area contributed by atoms with Crippen molar-refractivity contribution in [2.24, 2.45) is 0 Å². The zero-order valence-corrected chi connectivity index (χ0v) is 12.2. The average Bonchev–Trinajstić information content (AvgIpc) is 2.95. The van der Waals surface area contributed by atoms with Gasteiger partial charge in [-0.1, -0.05) is 18.2 Å². The number of hydrogen-bond acceptors (Lipinski definition) is 6. The minimum absolute atomic E-state index is 0.302. The molecule has 0 unspecified atom stereocenters. The lowest BCUT2D eigenvalue weighted by Crippen LogP contribution is -1.94. The van der Waals surface area contributed by atoms with Gasteiger partial charge in [0.2, 0.25) is 0 Å². The van der Waals surface area contributed by atoms with Crippen molar-refractivity contribution >= 4 is 51.5 Å². The summed E-state index contributed by atoms with van der Waals surface area (Å²) >= 11 is 4.10. The molecular weight excluding hydrogens is 300 g/mol. The molecule has 0 saturated carbocycles. The van der Waals surface area contributed by atoms with Gasteiger partial charge in [0.15, 0.2) is 4.34 Å². The minimum Gasteiger partial charge on any atom is -0.477 e. The van der Waals surface area contributed by atoms with E-state index in [-0.39, 0.29) is 0 Å². The standard InChI is InChI=1S/C12H8N2O2S3/c1-6-9(10(15)16)17-12(13-6)18-11-7-4-2-3-5-8(7)14-19-11/h2-5H,1H3,(H,15,16). The molecule has 0 fully saturated rings. The molecule has 3 aromatic rings. The number of aromatic nitrogens is 2. The Kier molecular flexibility index (Phi) is 3.26. The van der Waals surface area contributed by atoms with E-state index in [2.05, 4.69) is 9.36 Å². The number of carboxylic acids is 1. The van der Waals surface area contributed by atoms with Crippen molar-refractivity contribution in [3.8, 4) is 0 Å². The molecule has 0 atom stereocenters. The largest absolute Gasteiger partial charge is 0.477 e. The molecule has 4 nitrogen and oxygen atoms in total. The molecule has 2 aromatic heterocycles. The number of benzene rings is 1. The van der Waals surface area contributed by atoms with Gasteiger partial charge in [0.05, 0.1) is 15.4 Å². The third kappa shape index (κ3) is 2.36. The van der Waals surface area contributed by atoms with E-state index >= 15 is 0 Å². The van der Waals surface area contributed by atoms with E-state index in [0.29, 0.717) is 10.6 Å². The predicted octanol–water partition coefficient (Wildman–Crippen LogP) is 3.91. The Morgan fingerprint density at radius 1 is 1.37 bits per heavy atom. The second-order valence-electron chi connectivity index (χ2n) is 3.79. The topological polar surface area (TPSA) is 63.1 Å². The van der Waals surface area contributed by atoms with Gasteiger partial charge in [-0.15, -0.1) is 11.3 Å². The number of aromatic carboxylic acids is 1. The van der Waals surface area contributed by atoms with Crippen molar-refractivity contribution in [2.45, 2.75) is 15.5 Å². The van der Waals surface area contributed by atoms with Gasteiger partial charge in [-0.3, -0.25) is 0 Å². The fraction of sp³-hybridized carbons (Fsp3) is 0.0833. The van der Waals surface area contributed by atoms with Crippen molar-refractivity contribution in [3.05, 3.63) is 34.8 Å². The molecule has 96 valence electrons. The lowest BCUT2D eigenvalue weighted by molar-refractivity contribution is 0.0701. The van der Waals surface area contributed by atoms with Crippen LogP contribution in [0.5, 0.6) is 0 Å². The van der Waals surface area contributed by atoms with Crippen LogP contribution in [0.1, 0.15) is 15.4 Å². The Morgan fingerprint density at radius 2 is 2.16 bits per heavy atom. The number of carbonyl (C=O) groups is 1. The highest BCUT2D eigenvalue weighted by Crippen LogP contribution is 2.39. The second-order valence-corrected chi connectivity index (χ2v) is 7.08. The summed E-state index contributed by atoms with van der Waals surface area (Å²) in [4.78, 5) is 15.6. The second kappa shape index (κ2) is 4.92. The fourth-order valence-corrected chi connectivity index (χ4v) is 4.83. The van der Waals surface area contributed by atoms with E-state index in [1.165, 1.54) is 34.6 Å². The minimum atomic E-state index is -0.920. The number of carboxylic acid groups (broad SMARTS) is 1. The van der Waals surface area contributed by atoms with Crippen LogP contribution in [-0.2, 0) is 0 Å². The van der Waals surface area contributed by atoms with E-state index in [4.69, 9.17) is 5.11 Å². The molecule has 0 saturated heterocycles. The van der Waals surface area contributed by atoms with Crippen LogP contribution in [0.25, 0.3) is 10.9 Å². The Hall–Kier alpha value is -1.44. The van der Waals surface area contributed by atoms with Crippen molar-refractivity contribution in [1.29, 1.82) is 0 Å². The quantitative estimate of drug-likeness (QED) is 0.794. The predicted molar refractivity (Wildman–Crippen MR) is 77.6 cm³/mol. The van der Waals surface area contributed by atoms with Gasteiger partial charge in [0, 0.05) is 5.39 Å². The van der Waals surface area contributed by atoms with E-state index in [0.717, 1.165) is 19.5 Å². The van der Waals surface area contributed by atoms with Crippen molar-refractivity contribution < 1.29 is 9.90 Å². The zero-order chi connectivity index (χ0) is 13.4. The maximum atomic E-state index is 11.0. The van der Waals surface area contributed by atoms with Gasteiger partial charge in [-0.25, -0.2) is 9.78 Å². The SMILES string of the molecule is Cc1nc(Sc2snc3ccccc23)sc1C(=O)O. The molecule has 0 bridgehead atoms. The van der Waals surface area contributed by atoms with Gasteiger partial charge >= 0.3 is 5.97 Å². The smallest absolute Gasteiger partial charge is 0.347 e. The summed E-state index contributed by atoms with van der Waals surface area (Å²) in [5.74, 6) is -0.920. The van der Waals surface area contributed by atoms with E-state index in [1.807, 2.05) is 24.3 Å². The molecule has 1 aromatic carbocycles. The number of aryl methyl sites for hydroxylation is 1. The molecule has 1 N–H and O–H groups in total. The number of nitrogens with zero attached hydrogens (tertiary/aromatic N) is 2. The Morgan fingerprint density at radius 3 is 2.89 bits per heavy atom. The maximum Gasteiger partial charge on any atom is 0.347 e. The Balaban J connectivity index is 1.97. The molecule has 7 heteroatoms. The molecule has 0 radical (unpaired) electrons. The Bertz CT molecular complexity index is 763. The van der Waals surface area contributed by atoms with Crippen LogP contribution >= 0.6 is 34.6 Å². The van der Waals surface area contributed by atoms with Crippen LogP contribution in [0.2, 0.25) is 0 Å². The van der Waals surface area contributed by atoms with E-state index in [9.17, 15) is 4.79 Å². The molecule has 0 aliphatic rings. The molecule has 0 amide bonds. The highest BCUT2D eigenvalue weighted by Gasteiger charge is 2.16. The molecule has 0 spiro atoms. The molecule has 0 aliphatic heterocycles. The lowest BCUT2D eigenvalue weighted by atomic mass is 10.3. The summed E-state index contributed by atoms with van der Waals surface area (Å²) in [5.41, 5.74) is 1.52. The summed E-state index contributed by atoms with van der Waals surface area (Å²) in [6.07, 6.45) is 0. The summed E-state index contributed by atoms with van der Waals surface area (Å²) in [6, 6.07) is 7.90. The van der Waals surface area contributed by atoms with Gasteiger partial charge < -0.3 is 5.11 Å². The maximum absolute atomic E-state index is 11.0. The monoisotopic (exact) mass is 308 g/mol. The first-order valence-electron chi connectivity index (χ1n) is 5.38. The molecule has 0 aliphatic carbocycles. The third-order valence-electron chi connectivity index (χ3n) is 2.50. The first-order chi connectivity index (χ1) is 9.15. The fourth-order valence-electron chi connectivity index (χ4n) is 1.63. The number of fused-ring (bicyclic) bond motifs is 1. The normalized spacial score (nSPS) is 11.0. The Labute approximate surface area is 121 Å². The molecular formula is C12H8N2O2S3. The lowest BCUT2D eigenvalue weighted by Gasteiger charge is -1.92. The van der Waals surface area contributed by atoms with Crippen LogP contribution in [0, 0.1) is 6.92 Å². The summed E-state index contributed by atoms with van der Waals surface area (Å²) in [5, 5.41) is 10.1. The average molecular weight is 308 g/mol. The first-order valence-corrected chi connectivity index (χ1v) is 7.79. The van der Waals surface area contributed by atoms with Crippen molar-refractivity contribution in [3.63, 3.8) is 0 Å². The number of thiazole rings is 1. The number of rotatable bonds is 3. The van der Waals surface area contributed by atoms with E-state index < -0.39 is 5.97 Å². The van der Waals surface area contributed by atoms with Gasteiger partial charge in [0.1, 0.15) is 4.88 Å². The van der Waals surface area contributed by atoms with E-state index in [1.54, 1.807) is 6.92 Å². The zero-order valence-electron chi connectivity index (χ0n) is 9.78. The molecule has 19 heavy (non-hydrogen) atoms. The first kappa shape index (κ1) is 12.6. The highest BCUT2D eigenvalue weighted by molar-refractivity contribution is 8.02. The highest BCUT2D eigenvalue weighted by atomic mass is 32.2. The summed E-state index contributed by atoms with van der Waals surface area (Å²) < 4.78 is 6.14. The molecule has 2 heterocycles. The van der Waals surface area contributed by atoms with Crippen molar-refractivity contribution in [2.75, 3.05) is 0 Å². The molecule has 3 rings (SSSR count). The van der Waals surface area contributed by atoms with Gasteiger partial charge in [0.25, 0.3) is 0 Å². The van der Waals surface area contributed by atoms with Crippen LogP contribution in [-0.4, -0.2) is 20.4 Å². The number of hydrogen-bond donors (Lipinski definition) is 1. The third-order valence-corrected chi connectivity index (χ3v) is 5.76.